The normalized spacial score (nSPS) is 14.6. The van der Waals surface area contributed by atoms with E-state index in [2.05, 4.69) is 5.32 Å². The van der Waals surface area contributed by atoms with Gasteiger partial charge in [0.05, 0.1) is 15.6 Å². The molecule has 3 aromatic carbocycles. The first kappa shape index (κ1) is 33.4. The molecule has 12 heteroatoms. The van der Waals surface area contributed by atoms with Crippen LogP contribution in [0, 0.1) is 0 Å². The van der Waals surface area contributed by atoms with Gasteiger partial charge in [-0.15, -0.1) is 0 Å². The van der Waals surface area contributed by atoms with E-state index in [1.807, 2.05) is 0 Å². The van der Waals surface area contributed by atoms with Crippen LogP contribution in [0.5, 0.6) is 0 Å². The van der Waals surface area contributed by atoms with E-state index in [1.54, 1.807) is 43.3 Å². The lowest BCUT2D eigenvalue weighted by molar-refractivity contribution is -0.140. The lowest BCUT2D eigenvalue weighted by Gasteiger charge is -2.34. The van der Waals surface area contributed by atoms with Crippen molar-refractivity contribution in [2.75, 3.05) is 10.8 Å². The fraction of sp³-hybridized carbons (Fsp3) is 0.355. The minimum Gasteiger partial charge on any atom is -0.352 e. The van der Waals surface area contributed by atoms with Gasteiger partial charge in [0.1, 0.15) is 12.6 Å². The van der Waals surface area contributed by atoms with Gasteiger partial charge >= 0.3 is 0 Å². The number of hydrogen-bond acceptors (Lipinski definition) is 4. The van der Waals surface area contributed by atoms with Gasteiger partial charge in [0, 0.05) is 27.7 Å². The van der Waals surface area contributed by atoms with Crippen molar-refractivity contribution in [2.24, 2.45) is 0 Å². The lowest BCUT2D eigenvalue weighted by Crippen LogP contribution is -2.54. The van der Waals surface area contributed by atoms with Crippen LogP contribution in [0.25, 0.3) is 0 Å². The van der Waals surface area contributed by atoms with Crippen LogP contribution in [-0.4, -0.2) is 43.8 Å². The number of sulfonamides is 1. The molecular weight excluding hydrogens is 652 g/mol. The molecule has 1 atom stereocenters. The van der Waals surface area contributed by atoms with Crippen LogP contribution in [-0.2, 0) is 26.2 Å². The number of amides is 2. The number of hydrogen-bond donors (Lipinski definition) is 1. The van der Waals surface area contributed by atoms with Crippen molar-refractivity contribution in [3.05, 3.63) is 92.4 Å². The molecule has 0 bridgehead atoms. The van der Waals surface area contributed by atoms with Crippen molar-refractivity contribution >= 4 is 73.9 Å². The Balaban J connectivity index is 1.75. The van der Waals surface area contributed by atoms with E-state index in [4.69, 9.17) is 46.4 Å². The molecule has 1 fully saturated rings. The molecule has 1 saturated carbocycles. The molecule has 0 spiro atoms. The summed E-state index contributed by atoms with van der Waals surface area (Å²) in [5.41, 5.74) is 0.595. The van der Waals surface area contributed by atoms with Gasteiger partial charge in [0.2, 0.25) is 11.8 Å². The number of carbonyl (C=O) groups is 2. The summed E-state index contributed by atoms with van der Waals surface area (Å²) in [6, 6.07) is 16.1. The predicted octanol–water partition coefficient (Wildman–Crippen LogP) is 7.75. The smallest absolute Gasteiger partial charge is 0.264 e. The molecule has 0 aliphatic heterocycles. The molecule has 2 amide bonds. The largest absolute Gasteiger partial charge is 0.352 e. The van der Waals surface area contributed by atoms with Crippen LogP contribution in [0.4, 0.5) is 5.69 Å². The van der Waals surface area contributed by atoms with E-state index in [0.717, 1.165) is 36.4 Å². The highest BCUT2D eigenvalue weighted by molar-refractivity contribution is 7.92. The van der Waals surface area contributed by atoms with Gasteiger partial charge in [-0.1, -0.05) is 96.9 Å². The van der Waals surface area contributed by atoms with E-state index in [9.17, 15) is 18.0 Å². The third kappa shape index (κ3) is 8.37. The van der Waals surface area contributed by atoms with Crippen molar-refractivity contribution in [3.8, 4) is 0 Å². The molecule has 230 valence electrons. The maximum Gasteiger partial charge on any atom is 0.264 e. The fourth-order valence-corrected chi connectivity index (χ4v) is 7.56. The Labute approximate surface area is 273 Å². The molecule has 1 N–H and O–H groups in total. The number of rotatable bonds is 11. The molecule has 4 rings (SSSR count). The molecule has 1 aliphatic rings. The summed E-state index contributed by atoms with van der Waals surface area (Å²) >= 11 is 25.3. The van der Waals surface area contributed by atoms with E-state index in [-0.39, 0.29) is 39.1 Å². The van der Waals surface area contributed by atoms with Gasteiger partial charge in [0.15, 0.2) is 0 Å². The highest BCUT2D eigenvalue weighted by Gasteiger charge is 2.35. The zero-order chi connectivity index (χ0) is 31.1. The SMILES string of the molecule is CC[C@@H](C(=O)NC1CCCCC1)N(Cc1ccc(Cl)cc1Cl)C(=O)CN(c1cc(Cl)ccc1Cl)S(=O)(=O)c1ccccc1. The lowest BCUT2D eigenvalue weighted by atomic mass is 9.95. The average molecular weight is 686 g/mol. The van der Waals surface area contributed by atoms with E-state index in [0.29, 0.717) is 22.0 Å². The Hall–Kier alpha value is -2.49. The standard InChI is InChI=1S/C31H33Cl4N3O4S/c1-2-28(31(40)36-24-9-5-3-6-10-24)37(19-21-13-14-22(32)17-27(21)35)30(39)20-38(29-18-23(33)15-16-26(29)34)43(41,42)25-11-7-4-8-12-25/h4,7-8,11-18,24,28H,2-3,5-6,9-10,19-20H2,1H3,(H,36,40)/t28-/m0/s1. The first-order chi connectivity index (χ1) is 20.5. The molecule has 7 nitrogen and oxygen atoms in total. The first-order valence-electron chi connectivity index (χ1n) is 14.1. The maximum absolute atomic E-state index is 14.3. The number of anilines is 1. The van der Waals surface area contributed by atoms with Crippen LogP contribution in [0.3, 0.4) is 0 Å². The summed E-state index contributed by atoms with van der Waals surface area (Å²) in [7, 11) is -4.29. The second-order valence-electron chi connectivity index (χ2n) is 10.4. The van der Waals surface area contributed by atoms with Gasteiger partial charge in [-0.3, -0.25) is 13.9 Å². The van der Waals surface area contributed by atoms with Gasteiger partial charge in [0.25, 0.3) is 10.0 Å². The van der Waals surface area contributed by atoms with Crippen molar-refractivity contribution in [1.29, 1.82) is 0 Å². The second-order valence-corrected chi connectivity index (χ2v) is 14.0. The molecule has 0 unspecified atom stereocenters. The molecule has 1 aliphatic carbocycles. The summed E-state index contributed by atoms with van der Waals surface area (Å²) in [4.78, 5) is 29.3. The number of benzene rings is 3. The average Bonchev–Trinajstić information content (AvgIpc) is 2.99. The van der Waals surface area contributed by atoms with E-state index >= 15 is 0 Å². The minimum atomic E-state index is -4.29. The fourth-order valence-electron chi connectivity index (χ4n) is 5.21. The monoisotopic (exact) mass is 683 g/mol. The third-order valence-electron chi connectivity index (χ3n) is 7.48. The van der Waals surface area contributed by atoms with Gasteiger partial charge in [-0.25, -0.2) is 8.42 Å². The zero-order valence-electron chi connectivity index (χ0n) is 23.6. The van der Waals surface area contributed by atoms with Crippen LogP contribution >= 0.6 is 46.4 Å². The number of halogens is 4. The topological polar surface area (TPSA) is 86.8 Å². The number of nitrogens with one attached hydrogen (secondary N) is 1. The summed E-state index contributed by atoms with van der Waals surface area (Å²) in [5, 5.41) is 4.18. The molecule has 43 heavy (non-hydrogen) atoms. The van der Waals surface area contributed by atoms with Gasteiger partial charge < -0.3 is 10.2 Å². The molecule has 0 radical (unpaired) electrons. The Morgan fingerprint density at radius 1 is 0.884 bits per heavy atom. The second kappa shape index (κ2) is 15.0. The molecule has 0 saturated heterocycles. The minimum absolute atomic E-state index is 0.0200. The predicted molar refractivity (Wildman–Crippen MR) is 174 cm³/mol. The zero-order valence-corrected chi connectivity index (χ0v) is 27.5. The Morgan fingerprint density at radius 3 is 2.19 bits per heavy atom. The van der Waals surface area contributed by atoms with Crippen LogP contribution < -0.4 is 9.62 Å². The van der Waals surface area contributed by atoms with Gasteiger partial charge in [-0.05, 0) is 67.3 Å². The summed E-state index contributed by atoms with van der Waals surface area (Å²) in [6.07, 6.45) is 5.21. The van der Waals surface area contributed by atoms with Crippen molar-refractivity contribution < 1.29 is 18.0 Å². The highest BCUT2D eigenvalue weighted by atomic mass is 35.5. The van der Waals surface area contributed by atoms with E-state index < -0.39 is 28.5 Å². The molecule has 3 aromatic rings. The number of carbonyl (C=O) groups excluding carboxylic acids is 2. The van der Waals surface area contributed by atoms with Gasteiger partial charge in [-0.2, -0.15) is 0 Å². The summed E-state index contributed by atoms with van der Waals surface area (Å²) in [6.45, 7) is 1.12. The van der Waals surface area contributed by atoms with E-state index in [1.165, 1.54) is 35.2 Å². The van der Waals surface area contributed by atoms with Crippen LogP contribution in [0.1, 0.15) is 51.0 Å². The highest BCUT2D eigenvalue weighted by Crippen LogP contribution is 2.33. The number of nitrogens with zero attached hydrogens (tertiary/aromatic N) is 2. The molecular formula is C31H33Cl4N3O4S. The summed E-state index contributed by atoms with van der Waals surface area (Å²) in [5.74, 6) is -0.918. The van der Waals surface area contributed by atoms with Crippen molar-refractivity contribution in [3.63, 3.8) is 0 Å². The Morgan fingerprint density at radius 2 is 1.53 bits per heavy atom. The Bertz CT molecular complexity index is 1550. The maximum atomic E-state index is 14.3. The first-order valence-corrected chi connectivity index (χ1v) is 17.0. The third-order valence-corrected chi connectivity index (χ3v) is 10.4. The van der Waals surface area contributed by atoms with Crippen LogP contribution in [0.15, 0.2) is 71.6 Å². The molecule has 0 aromatic heterocycles. The van der Waals surface area contributed by atoms with Crippen LogP contribution in [0.2, 0.25) is 20.1 Å². The summed E-state index contributed by atoms with van der Waals surface area (Å²) < 4.78 is 28.9. The Kier molecular flexibility index (Phi) is 11.6. The quantitative estimate of drug-likeness (QED) is 0.224. The van der Waals surface area contributed by atoms with Crippen molar-refractivity contribution in [1.82, 2.24) is 10.2 Å². The molecule has 0 heterocycles. The van der Waals surface area contributed by atoms with Crippen molar-refractivity contribution in [2.45, 2.75) is 69.0 Å².